The molecule has 0 bridgehead atoms. The number of nitriles is 1. The maximum Gasteiger partial charge on any atom is 0.335 e. The van der Waals surface area contributed by atoms with Crippen LogP contribution in [0.3, 0.4) is 0 Å². The Balaban J connectivity index is 1.26. The molecule has 1 aliphatic rings. The second-order valence-corrected chi connectivity index (χ2v) is 9.21. The number of ether oxygens (including phenoxy) is 1. The van der Waals surface area contributed by atoms with Gasteiger partial charge in [0, 0.05) is 19.2 Å². The van der Waals surface area contributed by atoms with Gasteiger partial charge in [0.1, 0.15) is 18.2 Å². The first-order chi connectivity index (χ1) is 17.8. The minimum atomic E-state index is -0.974. The van der Waals surface area contributed by atoms with E-state index < -0.39 is 17.6 Å². The van der Waals surface area contributed by atoms with Crippen LogP contribution in [0, 0.1) is 23.0 Å². The molecule has 5 rings (SSSR count). The third kappa shape index (κ3) is 5.01. The van der Waals surface area contributed by atoms with Crippen LogP contribution in [-0.4, -0.2) is 38.6 Å². The first kappa shape index (κ1) is 24.4. The smallest absolute Gasteiger partial charge is 0.335 e. The van der Waals surface area contributed by atoms with Crippen LogP contribution in [0.2, 0.25) is 0 Å². The second-order valence-electron chi connectivity index (χ2n) is 9.21. The van der Waals surface area contributed by atoms with Gasteiger partial charge in [-0.1, -0.05) is 6.07 Å². The molecule has 1 aliphatic heterocycles. The van der Waals surface area contributed by atoms with E-state index in [1.165, 1.54) is 18.2 Å². The summed E-state index contributed by atoms with van der Waals surface area (Å²) in [6.45, 7) is 2.09. The van der Waals surface area contributed by atoms with E-state index in [-0.39, 0.29) is 29.4 Å². The van der Waals surface area contributed by atoms with Gasteiger partial charge in [-0.15, -0.1) is 0 Å². The van der Waals surface area contributed by atoms with Gasteiger partial charge < -0.3 is 14.4 Å². The van der Waals surface area contributed by atoms with E-state index in [2.05, 4.69) is 9.88 Å². The highest BCUT2D eigenvalue weighted by Gasteiger charge is 2.26. The number of benzene rings is 3. The average molecular weight is 503 g/mol. The highest BCUT2D eigenvalue weighted by Crippen LogP contribution is 2.30. The van der Waals surface area contributed by atoms with Gasteiger partial charge in [0.05, 0.1) is 34.8 Å². The number of nitrogens with zero attached hydrogens (tertiary/aromatic N) is 4. The molecule has 0 spiro atoms. The molecule has 0 saturated carbocycles. The second kappa shape index (κ2) is 9.99. The molecule has 3 aromatic carbocycles. The Labute approximate surface area is 212 Å². The molecule has 0 radical (unpaired) electrons. The fraction of sp³-hybridized carbons (Fsp3) is 0.250. The van der Waals surface area contributed by atoms with Crippen molar-refractivity contribution in [1.29, 1.82) is 5.26 Å². The highest BCUT2D eigenvalue weighted by molar-refractivity contribution is 5.92. The molecule has 1 unspecified atom stereocenters. The van der Waals surface area contributed by atoms with Gasteiger partial charge in [0.15, 0.2) is 11.6 Å². The molecule has 37 heavy (non-hydrogen) atoms. The van der Waals surface area contributed by atoms with E-state index >= 15 is 0 Å². The zero-order chi connectivity index (χ0) is 26.1. The Kier molecular flexibility index (Phi) is 6.59. The lowest BCUT2D eigenvalue weighted by Crippen LogP contribution is -2.21. The van der Waals surface area contributed by atoms with Crippen LogP contribution in [-0.2, 0) is 20.2 Å². The lowest BCUT2D eigenvalue weighted by atomic mass is 9.96. The number of likely N-dealkylation sites (tertiary alicyclic amines) is 1. The number of aryl methyl sites for hydroxylation is 1. The maximum atomic E-state index is 14.5. The number of imidazole rings is 1. The molecule has 1 aromatic heterocycles. The van der Waals surface area contributed by atoms with E-state index in [1.807, 2.05) is 17.7 Å². The van der Waals surface area contributed by atoms with E-state index in [4.69, 9.17) is 10.00 Å². The van der Waals surface area contributed by atoms with Crippen molar-refractivity contribution in [3.05, 3.63) is 94.3 Å². The van der Waals surface area contributed by atoms with Crippen molar-refractivity contribution in [2.45, 2.75) is 25.5 Å². The van der Waals surface area contributed by atoms with Crippen LogP contribution < -0.4 is 4.74 Å². The van der Waals surface area contributed by atoms with Crippen molar-refractivity contribution >= 4 is 17.0 Å². The third-order valence-electron chi connectivity index (χ3n) is 6.84. The molecule has 1 fully saturated rings. The van der Waals surface area contributed by atoms with Crippen molar-refractivity contribution in [2.75, 3.05) is 13.1 Å². The monoisotopic (exact) mass is 502 g/mol. The number of carboxylic acids is 1. The Hall–Kier alpha value is -4.29. The van der Waals surface area contributed by atoms with E-state index in [0.717, 1.165) is 48.0 Å². The van der Waals surface area contributed by atoms with Crippen LogP contribution in [0.5, 0.6) is 5.75 Å². The zero-order valence-corrected chi connectivity index (χ0v) is 20.1. The number of rotatable bonds is 7. The Morgan fingerprint density at radius 2 is 2.00 bits per heavy atom. The summed E-state index contributed by atoms with van der Waals surface area (Å²) in [5, 5.41) is 18.1. The Morgan fingerprint density at radius 1 is 1.16 bits per heavy atom. The largest absolute Gasteiger partial charge is 0.486 e. The summed E-state index contributed by atoms with van der Waals surface area (Å²) < 4.78 is 36.0. The standard InChI is InChI=1S/C28H24F2N4O3/c1-33-25-12-19(28(35)36)4-6-24(25)32-27(33)15-34-9-8-20(14-34)18-3-5-22(29)21(11-18)16-37-26-7-2-17(13-31)10-23(26)30/h2-7,10-12,20H,8-9,14-16H2,1H3,(H,35,36). The van der Waals surface area contributed by atoms with Gasteiger partial charge in [-0.3, -0.25) is 4.90 Å². The number of halogens is 2. The fourth-order valence-electron chi connectivity index (χ4n) is 4.76. The van der Waals surface area contributed by atoms with Gasteiger partial charge >= 0.3 is 5.97 Å². The molecule has 1 saturated heterocycles. The van der Waals surface area contributed by atoms with Crippen LogP contribution in [0.25, 0.3) is 11.0 Å². The predicted molar refractivity (Wildman–Crippen MR) is 132 cm³/mol. The van der Waals surface area contributed by atoms with Gasteiger partial charge in [0.25, 0.3) is 0 Å². The normalized spacial score (nSPS) is 15.7. The first-order valence-electron chi connectivity index (χ1n) is 11.8. The SMILES string of the molecule is Cn1c(CN2CCC(c3ccc(F)c(COc4ccc(C#N)cc4F)c3)C2)nc2ccc(C(=O)O)cc21. The third-order valence-corrected chi connectivity index (χ3v) is 6.84. The summed E-state index contributed by atoms with van der Waals surface area (Å²) in [6, 6.07) is 15.6. The van der Waals surface area contributed by atoms with Crippen molar-refractivity contribution in [2.24, 2.45) is 7.05 Å². The maximum absolute atomic E-state index is 14.5. The molecule has 2 heterocycles. The lowest BCUT2D eigenvalue weighted by Gasteiger charge is -2.17. The van der Waals surface area contributed by atoms with Gasteiger partial charge in [-0.05, 0) is 73.0 Å². The summed E-state index contributed by atoms with van der Waals surface area (Å²) in [7, 11) is 1.88. The summed E-state index contributed by atoms with van der Waals surface area (Å²) in [6.07, 6.45) is 0.892. The molecule has 9 heteroatoms. The van der Waals surface area contributed by atoms with E-state index in [9.17, 15) is 18.7 Å². The van der Waals surface area contributed by atoms with Gasteiger partial charge in [-0.2, -0.15) is 5.26 Å². The fourth-order valence-corrected chi connectivity index (χ4v) is 4.76. The highest BCUT2D eigenvalue weighted by atomic mass is 19.1. The molecule has 4 aromatic rings. The van der Waals surface area contributed by atoms with Gasteiger partial charge in [0.2, 0.25) is 0 Å². The predicted octanol–water partition coefficient (Wildman–Crippen LogP) is 4.99. The number of carboxylic acid groups (broad SMARTS) is 1. The number of fused-ring (bicyclic) bond motifs is 1. The molecule has 0 aliphatic carbocycles. The van der Waals surface area contributed by atoms with Crippen LogP contribution in [0.4, 0.5) is 8.78 Å². The Bertz CT molecular complexity index is 1540. The molecule has 1 N–H and O–H groups in total. The summed E-state index contributed by atoms with van der Waals surface area (Å²) in [4.78, 5) is 18.3. The first-order valence-corrected chi connectivity index (χ1v) is 11.8. The van der Waals surface area contributed by atoms with Crippen LogP contribution >= 0.6 is 0 Å². The number of aromatic nitrogens is 2. The molecule has 0 amide bonds. The molecular formula is C28H24F2N4O3. The topological polar surface area (TPSA) is 91.4 Å². The summed E-state index contributed by atoms with van der Waals surface area (Å²) in [5.74, 6) is -1.06. The lowest BCUT2D eigenvalue weighted by molar-refractivity contribution is 0.0697. The Morgan fingerprint density at radius 3 is 2.76 bits per heavy atom. The minimum absolute atomic E-state index is 0.0335. The number of hydrogen-bond acceptors (Lipinski definition) is 5. The minimum Gasteiger partial charge on any atom is -0.486 e. The van der Waals surface area contributed by atoms with Crippen molar-refractivity contribution in [3.8, 4) is 11.8 Å². The van der Waals surface area contributed by atoms with E-state index in [1.54, 1.807) is 30.3 Å². The molecular weight excluding hydrogens is 478 g/mol. The van der Waals surface area contributed by atoms with Crippen LogP contribution in [0.15, 0.2) is 54.6 Å². The van der Waals surface area contributed by atoms with E-state index in [0.29, 0.717) is 12.1 Å². The number of hydrogen-bond donors (Lipinski definition) is 1. The quantitative estimate of drug-likeness (QED) is 0.383. The number of carbonyl (C=O) groups is 1. The zero-order valence-electron chi connectivity index (χ0n) is 20.1. The van der Waals surface area contributed by atoms with Crippen LogP contribution in [0.1, 0.15) is 45.2 Å². The van der Waals surface area contributed by atoms with Gasteiger partial charge in [-0.25, -0.2) is 18.6 Å². The summed E-state index contributed by atoms with van der Waals surface area (Å²) >= 11 is 0. The van der Waals surface area contributed by atoms with Crippen molar-refractivity contribution in [3.63, 3.8) is 0 Å². The van der Waals surface area contributed by atoms with Crippen molar-refractivity contribution < 1.29 is 23.4 Å². The molecule has 188 valence electrons. The molecule has 1 atom stereocenters. The number of aromatic carboxylic acids is 1. The summed E-state index contributed by atoms with van der Waals surface area (Å²) in [5.41, 5.74) is 3.25. The van der Waals surface area contributed by atoms with Crippen molar-refractivity contribution in [1.82, 2.24) is 14.5 Å². The molecule has 7 nitrogen and oxygen atoms in total. The average Bonchev–Trinajstić information content (AvgIpc) is 3.48.